The van der Waals surface area contributed by atoms with Crippen molar-refractivity contribution in [1.82, 2.24) is 0 Å². The number of rotatable bonds is 6. The van der Waals surface area contributed by atoms with Crippen molar-refractivity contribution >= 4 is 27.6 Å². The van der Waals surface area contributed by atoms with Gasteiger partial charge in [0.05, 0.1) is 11.3 Å². The van der Waals surface area contributed by atoms with Gasteiger partial charge in [0.25, 0.3) is 5.91 Å². The minimum atomic E-state index is -3.88. The summed E-state index contributed by atoms with van der Waals surface area (Å²) in [6.07, 6.45) is -0.0369. The van der Waals surface area contributed by atoms with Gasteiger partial charge in [-0.3, -0.25) is 9.59 Å². The van der Waals surface area contributed by atoms with E-state index in [0.29, 0.717) is 30.3 Å². The van der Waals surface area contributed by atoms with E-state index >= 15 is 0 Å². The summed E-state index contributed by atoms with van der Waals surface area (Å²) < 4.78 is 38.5. The van der Waals surface area contributed by atoms with Gasteiger partial charge in [-0.1, -0.05) is 12.1 Å². The predicted molar refractivity (Wildman–Crippen MR) is 98.5 cm³/mol. The molecule has 148 valence electrons. The van der Waals surface area contributed by atoms with Crippen molar-refractivity contribution in [1.29, 1.82) is 0 Å². The highest BCUT2D eigenvalue weighted by Gasteiger charge is 2.15. The van der Waals surface area contributed by atoms with Gasteiger partial charge in [-0.15, -0.1) is 0 Å². The van der Waals surface area contributed by atoms with Gasteiger partial charge in [0.15, 0.2) is 18.1 Å². The molecule has 10 heteroatoms. The third-order valence-electron chi connectivity index (χ3n) is 3.77. The SMILES string of the molecule is NS(=O)(=O)c1cccc(NC(=O)COC(=O)Cc2ccc3c(c2)OCCO3)c1. The largest absolute Gasteiger partial charge is 0.486 e. The minimum Gasteiger partial charge on any atom is -0.486 e. The van der Waals surface area contributed by atoms with Gasteiger partial charge in [-0.25, -0.2) is 13.6 Å². The van der Waals surface area contributed by atoms with Crippen molar-refractivity contribution in [2.45, 2.75) is 11.3 Å². The van der Waals surface area contributed by atoms with E-state index in [1.54, 1.807) is 18.2 Å². The van der Waals surface area contributed by atoms with Crippen molar-refractivity contribution in [3.05, 3.63) is 48.0 Å². The maximum Gasteiger partial charge on any atom is 0.310 e. The van der Waals surface area contributed by atoms with Crippen LogP contribution in [0.5, 0.6) is 11.5 Å². The third kappa shape index (κ3) is 5.21. The summed E-state index contributed by atoms with van der Waals surface area (Å²) in [6, 6.07) is 10.6. The number of carbonyl (C=O) groups excluding carboxylic acids is 2. The van der Waals surface area contributed by atoms with E-state index in [-0.39, 0.29) is 17.0 Å². The van der Waals surface area contributed by atoms with E-state index in [1.807, 2.05) is 0 Å². The molecule has 0 saturated carbocycles. The first-order chi connectivity index (χ1) is 13.3. The second-order valence-corrected chi connectivity index (χ2v) is 7.50. The van der Waals surface area contributed by atoms with Crippen molar-refractivity contribution in [2.75, 3.05) is 25.1 Å². The zero-order chi connectivity index (χ0) is 20.1. The van der Waals surface area contributed by atoms with Gasteiger partial charge in [0, 0.05) is 5.69 Å². The maximum atomic E-state index is 12.0. The number of benzene rings is 2. The highest BCUT2D eigenvalue weighted by molar-refractivity contribution is 7.89. The van der Waals surface area contributed by atoms with Crippen LogP contribution in [0.25, 0.3) is 0 Å². The second-order valence-electron chi connectivity index (χ2n) is 5.94. The fourth-order valence-electron chi connectivity index (χ4n) is 2.51. The second kappa shape index (κ2) is 8.28. The van der Waals surface area contributed by atoms with Crippen LogP contribution in [-0.2, 0) is 30.8 Å². The van der Waals surface area contributed by atoms with E-state index in [9.17, 15) is 18.0 Å². The Labute approximate surface area is 161 Å². The number of sulfonamides is 1. The lowest BCUT2D eigenvalue weighted by Crippen LogP contribution is -2.22. The number of nitrogens with two attached hydrogens (primary N) is 1. The lowest BCUT2D eigenvalue weighted by molar-refractivity contribution is -0.146. The van der Waals surface area contributed by atoms with Crippen LogP contribution in [0.4, 0.5) is 5.69 Å². The third-order valence-corrected chi connectivity index (χ3v) is 4.68. The van der Waals surface area contributed by atoms with E-state index in [4.69, 9.17) is 19.3 Å². The minimum absolute atomic E-state index is 0.0369. The number of anilines is 1. The van der Waals surface area contributed by atoms with E-state index in [2.05, 4.69) is 5.32 Å². The van der Waals surface area contributed by atoms with Crippen LogP contribution >= 0.6 is 0 Å². The maximum absolute atomic E-state index is 12.0. The number of amides is 1. The predicted octanol–water partition coefficient (Wildman–Crippen LogP) is 0.830. The zero-order valence-electron chi connectivity index (χ0n) is 14.7. The zero-order valence-corrected chi connectivity index (χ0v) is 15.5. The number of nitrogens with one attached hydrogen (secondary N) is 1. The van der Waals surface area contributed by atoms with Gasteiger partial charge >= 0.3 is 5.97 Å². The summed E-state index contributed by atoms with van der Waals surface area (Å²) in [5, 5.41) is 7.49. The highest BCUT2D eigenvalue weighted by atomic mass is 32.2. The Balaban J connectivity index is 1.51. The van der Waals surface area contributed by atoms with E-state index in [1.165, 1.54) is 24.3 Å². The van der Waals surface area contributed by atoms with Gasteiger partial charge in [-0.05, 0) is 35.9 Å². The molecule has 1 heterocycles. The van der Waals surface area contributed by atoms with Crippen LogP contribution in [0, 0.1) is 0 Å². The average molecular weight is 406 g/mol. The van der Waals surface area contributed by atoms with Gasteiger partial charge in [0.1, 0.15) is 13.2 Å². The van der Waals surface area contributed by atoms with Crippen LogP contribution in [0.2, 0.25) is 0 Å². The van der Waals surface area contributed by atoms with Crippen molar-refractivity contribution in [3.63, 3.8) is 0 Å². The van der Waals surface area contributed by atoms with Gasteiger partial charge in [-0.2, -0.15) is 0 Å². The summed E-state index contributed by atoms with van der Waals surface area (Å²) in [7, 11) is -3.88. The molecule has 0 aliphatic carbocycles. The molecule has 1 aliphatic rings. The number of esters is 1. The molecule has 2 aromatic rings. The molecule has 28 heavy (non-hydrogen) atoms. The molecule has 0 atom stereocenters. The summed E-state index contributed by atoms with van der Waals surface area (Å²) in [5.41, 5.74) is 0.884. The number of carbonyl (C=O) groups is 2. The molecular weight excluding hydrogens is 388 g/mol. The molecule has 0 fully saturated rings. The van der Waals surface area contributed by atoms with Gasteiger partial charge in [0.2, 0.25) is 10.0 Å². The normalized spacial score (nSPS) is 12.9. The van der Waals surface area contributed by atoms with Crippen molar-refractivity contribution in [2.24, 2.45) is 5.14 Å². The Morgan fingerprint density at radius 3 is 2.57 bits per heavy atom. The highest BCUT2D eigenvalue weighted by Crippen LogP contribution is 2.30. The molecule has 0 spiro atoms. The number of fused-ring (bicyclic) bond motifs is 1. The van der Waals surface area contributed by atoms with Crippen LogP contribution in [0.3, 0.4) is 0 Å². The molecule has 0 saturated heterocycles. The van der Waals surface area contributed by atoms with Crippen LogP contribution in [0.1, 0.15) is 5.56 Å². The van der Waals surface area contributed by atoms with Crippen LogP contribution in [0.15, 0.2) is 47.4 Å². The first-order valence-electron chi connectivity index (χ1n) is 8.28. The molecule has 0 aromatic heterocycles. The standard InChI is InChI=1S/C18H18N2O7S/c19-28(23,24)14-3-1-2-13(10-14)20-17(21)11-27-18(22)9-12-4-5-15-16(8-12)26-7-6-25-15/h1-5,8,10H,6-7,9,11H2,(H,20,21)(H2,19,23,24). The Kier molecular flexibility index (Phi) is 5.81. The van der Waals surface area contributed by atoms with Crippen LogP contribution < -0.4 is 19.9 Å². The Morgan fingerprint density at radius 1 is 1.07 bits per heavy atom. The lowest BCUT2D eigenvalue weighted by Gasteiger charge is -2.18. The molecule has 0 bridgehead atoms. The van der Waals surface area contributed by atoms with Crippen molar-refractivity contribution in [3.8, 4) is 11.5 Å². The quantitative estimate of drug-likeness (QED) is 0.679. The molecule has 1 aliphatic heterocycles. The molecule has 3 N–H and O–H groups in total. The van der Waals surface area contributed by atoms with Gasteiger partial charge < -0.3 is 19.5 Å². The summed E-state index contributed by atoms with van der Waals surface area (Å²) in [5.74, 6) is -0.0271. The molecular formula is C18H18N2O7S. The molecule has 9 nitrogen and oxygen atoms in total. The Morgan fingerprint density at radius 2 is 1.82 bits per heavy atom. The number of primary sulfonamides is 1. The first kappa shape index (κ1) is 19.6. The lowest BCUT2D eigenvalue weighted by atomic mass is 10.1. The fourth-order valence-corrected chi connectivity index (χ4v) is 3.07. The number of ether oxygens (including phenoxy) is 3. The average Bonchev–Trinajstić information content (AvgIpc) is 2.66. The number of hydrogen-bond acceptors (Lipinski definition) is 7. The fraction of sp³-hybridized carbons (Fsp3) is 0.222. The van der Waals surface area contributed by atoms with Crippen molar-refractivity contribution < 1.29 is 32.2 Å². The Hall–Kier alpha value is -3.11. The van der Waals surface area contributed by atoms with E-state index in [0.717, 1.165) is 0 Å². The molecule has 1 amide bonds. The van der Waals surface area contributed by atoms with Crippen LogP contribution in [-0.4, -0.2) is 40.1 Å². The summed E-state index contributed by atoms with van der Waals surface area (Å²) in [4.78, 5) is 23.7. The summed E-state index contributed by atoms with van der Waals surface area (Å²) in [6.45, 7) is 0.403. The molecule has 0 radical (unpaired) electrons. The molecule has 3 rings (SSSR count). The topological polar surface area (TPSA) is 134 Å². The molecule has 0 unspecified atom stereocenters. The number of hydrogen-bond donors (Lipinski definition) is 2. The first-order valence-corrected chi connectivity index (χ1v) is 9.83. The summed E-state index contributed by atoms with van der Waals surface area (Å²) >= 11 is 0. The van der Waals surface area contributed by atoms with E-state index < -0.39 is 28.5 Å². The monoisotopic (exact) mass is 406 g/mol. The smallest absolute Gasteiger partial charge is 0.310 e. The molecule has 2 aromatic carbocycles. The Bertz CT molecular complexity index is 1000.